The maximum absolute atomic E-state index is 13.4. The molecule has 4 rings (SSSR count). The van der Waals surface area contributed by atoms with Gasteiger partial charge in [0.25, 0.3) is 0 Å². The number of halogens is 6. The topological polar surface area (TPSA) is 36.3 Å². The Morgan fingerprint density at radius 2 is 1.88 bits per heavy atom. The molecule has 4 nitrogen and oxygen atoms in total. The molecule has 0 saturated carbocycles. The molecule has 1 aliphatic heterocycles. The molecule has 0 N–H and O–H groups in total. The van der Waals surface area contributed by atoms with E-state index in [1.807, 2.05) is 0 Å². The van der Waals surface area contributed by atoms with Crippen LogP contribution in [0.5, 0.6) is 11.5 Å². The Bertz CT molecular complexity index is 1020. The molecule has 0 fully saturated rings. The van der Waals surface area contributed by atoms with Crippen molar-refractivity contribution >= 4 is 27.0 Å². The molecule has 1 aliphatic rings. The Morgan fingerprint density at radius 3 is 2.62 bits per heavy atom. The third-order valence-corrected chi connectivity index (χ3v) is 4.30. The largest absolute Gasteiger partial charge is 0.586 e. The van der Waals surface area contributed by atoms with Crippen LogP contribution >= 0.6 is 15.9 Å². The number of alkyl halides is 5. The maximum atomic E-state index is 13.4. The predicted molar refractivity (Wildman–Crippen MR) is 84.2 cm³/mol. The molecule has 0 atom stereocenters. The molecule has 2 heterocycles. The molecule has 0 spiro atoms. The molecule has 26 heavy (non-hydrogen) atoms. The molecule has 0 saturated heterocycles. The van der Waals surface area contributed by atoms with Gasteiger partial charge in [-0.1, -0.05) is 28.1 Å². The van der Waals surface area contributed by atoms with Crippen LogP contribution in [-0.2, 0) is 12.7 Å². The van der Waals surface area contributed by atoms with Gasteiger partial charge < -0.3 is 14.0 Å². The summed E-state index contributed by atoms with van der Waals surface area (Å²) in [7, 11) is 0. The van der Waals surface area contributed by atoms with Crippen LogP contribution in [0, 0.1) is 0 Å². The lowest BCUT2D eigenvalue weighted by Crippen LogP contribution is -2.26. The van der Waals surface area contributed by atoms with Gasteiger partial charge in [-0.15, -0.1) is 8.78 Å². The summed E-state index contributed by atoms with van der Waals surface area (Å²) in [6.07, 6.45) is -8.57. The van der Waals surface area contributed by atoms with Crippen molar-refractivity contribution in [3.63, 3.8) is 0 Å². The lowest BCUT2D eigenvalue weighted by molar-refractivity contribution is -0.287. The summed E-state index contributed by atoms with van der Waals surface area (Å²) in [6, 6.07) is 8.55. The fourth-order valence-corrected chi connectivity index (χ4v) is 3.15. The van der Waals surface area contributed by atoms with Crippen molar-refractivity contribution in [3.05, 3.63) is 52.3 Å². The number of rotatable bonds is 2. The quantitative estimate of drug-likeness (QED) is 0.521. The first-order valence-corrected chi connectivity index (χ1v) is 8.04. The van der Waals surface area contributed by atoms with E-state index in [9.17, 15) is 22.0 Å². The molecule has 10 heteroatoms. The van der Waals surface area contributed by atoms with Crippen molar-refractivity contribution in [1.82, 2.24) is 9.55 Å². The van der Waals surface area contributed by atoms with Gasteiger partial charge >= 0.3 is 12.5 Å². The number of aromatic nitrogens is 2. The Labute approximate surface area is 151 Å². The number of hydrogen-bond donors (Lipinski definition) is 0. The van der Waals surface area contributed by atoms with Gasteiger partial charge in [0.05, 0.1) is 17.6 Å². The van der Waals surface area contributed by atoms with E-state index in [0.29, 0.717) is 4.47 Å². The lowest BCUT2D eigenvalue weighted by Gasteiger charge is -2.13. The third kappa shape index (κ3) is 2.87. The normalized spacial score (nSPS) is 15.6. The number of hydrogen-bond acceptors (Lipinski definition) is 3. The fraction of sp³-hybridized carbons (Fsp3) is 0.188. The first-order chi connectivity index (χ1) is 12.1. The maximum Gasteiger partial charge on any atom is 0.586 e. The highest BCUT2D eigenvalue weighted by atomic mass is 79.9. The molecular formula is C16H8BrF5N2O2. The van der Waals surface area contributed by atoms with E-state index in [1.165, 1.54) is 30.3 Å². The van der Waals surface area contributed by atoms with Crippen LogP contribution in [0.25, 0.3) is 11.0 Å². The van der Waals surface area contributed by atoms with E-state index in [2.05, 4.69) is 30.4 Å². The Hall–Kier alpha value is -2.36. The van der Waals surface area contributed by atoms with Crippen LogP contribution in [0.15, 0.2) is 40.9 Å². The monoisotopic (exact) mass is 434 g/mol. The lowest BCUT2D eigenvalue weighted by atomic mass is 10.2. The number of benzene rings is 2. The highest BCUT2D eigenvalue weighted by molar-refractivity contribution is 9.10. The van der Waals surface area contributed by atoms with Gasteiger partial charge in [-0.25, -0.2) is 4.98 Å². The SMILES string of the molecule is FC1(F)Oc2cccc(Cn3c(C(F)(F)F)nc4cc(Br)ccc43)c2O1. The molecular weight excluding hydrogens is 427 g/mol. The summed E-state index contributed by atoms with van der Waals surface area (Å²) in [4.78, 5) is 3.65. The number of para-hydroxylation sites is 1. The van der Waals surface area contributed by atoms with Gasteiger partial charge in [0.15, 0.2) is 11.5 Å². The van der Waals surface area contributed by atoms with Crippen molar-refractivity contribution in [2.24, 2.45) is 0 Å². The molecule has 3 aromatic rings. The van der Waals surface area contributed by atoms with Crippen LogP contribution in [0.4, 0.5) is 22.0 Å². The highest BCUT2D eigenvalue weighted by Crippen LogP contribution is 2.44. The van der Waals surface area contributed by atoms with Gasteiger partial charge in [-0.3, -0.25) is 0 Å². The average molecular weight is 435 g/mol. The summed E-state index contributed by atoms with van der Waals surface area (Å²) in [5, 5.41) is 0. The predicted octanol–water partition coefficient (Wildman–Crippen LogP) is 5.19. The summed E-state index contributed by atoms with van der Waals surface area (Å²) >= 11 is 3.19. The summed E-state index contributed by atoms with van der Waals surface area (Å²) in [6.45, 7) is -0.365. The second kappa shape index (κ2) is 5.57. The van der Waals surface area contributed by atoms with Gasteiger partial charge in [0.2, 0.25) is 5.82 Å². The minimum atomic E-state index is -4.72. The summed E-state index contributed by atoms with van der Waals surface area (Å²) < 4.78 is 77.2. The van der Waals surface area contributed by atoms with Crippen molar-refractivity contribution in [1.29, 1.82) is 0 Å². The van der Waals surface area contributed by atoms with Crippen LogP contribution in [0.3, 0.4) is 0 Å². The Kier molecular flexibility index (Phi) is 3.66. The summed E-state index contributed by atoms with van der Waals surface area (Å²) in [5.41, 5.74) is 0.456. The zero-order valence-corrected chi connectivity index (χ0v) is 14.2. The second-order valence-electron chi connectivity index (χ2n) is 5.56. The second-order valence-corrected chi connectivity index (χ2v) is 6.48. The fourth-order valence-electron chi connectivity index (χ4n) is 2.80. The van der Waals surface area contributed by atoms with E-state index in [-0.39, 0.29) is 34.6 Å². The van der Waals surface area contributed by atoms with E-state index < -0.39 is 18.3 Å². The van der Waals surface area contributed by atoms with E-state index in [1.54, 1.807) is 6.07 Å². The minimum Gasteiger partial charge on any atom is -0.395 e. The molecule has 136 valence electrons. The smallest absolute Gasteiger partial charge is 0.395 e. The number of imidazole rings is 1. The molecule has 0 radical (unpaired) electrons. The van der Waals surface area contributed by atoms with E-state index in [4.69, 9.17) is 0 Å². The zero-order chi connectivity index (χ0) is 18.7. The molecule has 0 bridgehead atoms. The van der Waals surface area contributed by atoms with Gasteiger partial charge in [-0.2, -0.15) is 13.2 Å². The van der Waals surface area contributed by atoms with Crippen LogP contribution in [0.2, 0.25) is 0 Å². The zero-order valence-electron chi connectivity index (χ0n) is 12.6. The first kappa shape index (κ1) is 17.1. The van der Waals surface area contributed by atoms with Crippen molar-refractivity contribution in [3.8, 4) is 11.5 Å². The molecule has 0 amide bonds. The molecule has 1 aromatic heterocycles. The molecule has 0 unspecified atom stereocenters. The van der Waals surface area contributed by atoms with Crippen molar-refractivity contribution in [2.45, 2.75) is 19.0 Å². The van der Waals surface area contributed by atoms with Crippen LogP contribution < -0.4 is 9.47 Å². The van der Waals surface area contributed by atoms with E-state index in [0.717, 1.165) is 4.57 Å². The standard InChI is InChI=1S/C16H8BrF5N2O2/c17-9-4-5-11-10(6-9)23-14(15(18,19)20)24(11)7-8-2-1-3-12-13(8)26-16(21,22)25-12/h1-6H,7H2. The van der Waals surface area contributed by atoms with Gasteiger partial charge in [-0.05, 0) is 24.3 Å². The van der Waals surface area contributed by atoms with Crippen LogP contribution in [0.1, 0.15) is 11.4 Å². The third-order valence-electron chi connectivity index (χ3n) is 3.80. The number of nitrogens with zero attached hydrogens (tertiary/aromatic N) is 2. The Balaban J connectivity index is 1.86. The van der Waals surface area contributed by atoms with Gasteiger partial charge in [0, 0.05) is 10.0 Å². The number of ether oxygens (including phenoxy) is 2. The number of fused-ring (bicyclic) bond motifs is 2. The highest BCUT2D eigenvalue weighted by Gasteiger charge is 2.45. The molecule has 0 aliphatic carbocycles. The van der Waals surface area contributed by atoms with Crippen molar-refractivity contribution < 1.29 is 31.4 Å². The first-order valence-electron chi connectivity index (χ1n) is 7.25. The molecule has 2 aromatic carbocycles. The van der Waals surface area contributed by atoms with Crippen LogP contribution in [-0.4, -0.2) is 15.8 Å². The average Bonchev–Trinajstić information content (AvgIpc) is 3.03. The van der Waals surface area contributed by atoms with Crippen molar-refractivity contribution in [2.75, 3.05) is 0 Å². The summed E-state index contributed by atoms with van der Waals surface area (Å²) in [5.74, 6) is -1.65. The Morgan fingerprint density at radius 1 is 1.12 bits per heavy atom. The minimum absolute atomic E-state index is 0.118. The van der Waals surface area contributed by atoms with E-state index >= 15 is 0 Å². The van der Waals surface area contributed by atoms with Gasteiger partial charge in [0.1, 0.15) is 0 Å².